The molecule has 0 atom stereocenters. The van der Waals surface area contributed by atoms with Gasteiger partial charge in [-0.15, -0.1) is 0 Å². The largest absolute Gasteiger partial charge is 0.302 e. The van der Waals surface area contributed by atoms with Crippen LogP contribution < -0.4 is 5.32 Å². The third-order valence-corrected chi connectivity index (χ3v) is 3.48. The molecule has 1 amide bonds. The van der Waals surface area contributed by atoms with Crippen LogP contribution in [0.15, 0.2) is 18.5 Å². The average Bonchev–Trinajstić information content (AvgIpc) is 2.87. The van der Waals surface area contributed by atoms with Crippen molar-refractivity contribution in [3.63, 3.8) is 0 Å². The van der Waals surface area contributed by atoms with Gasteiger partial charge in [0.25, 0.3) is 0 Å². The standard InChI is InChI=1S/C10H11ClN4OS/c1-7-9(11)17-10(13-7)14-8(16)3-6-15-5-2-4-12-15/h2,4-5H,3,6H2,1H3,(H,13,14,16). The number of aryl methyl sites for hydroxylation is 2. The van der Waals surface area contributed by atoms with Gasteiger partial charge in [0, 0.05) is 25.4 Å². The summed E-state index contributed by atoms with van der Waals surface area (Å²) >= 11 is 7.13. The summed E-state index contributed by atoms with van der Waals surface area (Å²) in [5.41, 5.74) is 0.735. The molecule has 2 heterocycles. The molecule has 0 saturated heterocycles. The number of carbonyl (C=O) groups excluding carboxylic acids is 1. The Hall–Kier alpha value is -1.40. The number of anilines is 1. The molecule has 2 rings (SSSR count). The third kappa shape index (κ3) is 3.28. The highest BCUT2D eigenvalue weighted by atomic mass is 35.5. The van der Waals surface area contributed by atoms with Gasteiger partial charge in [0.1, 0.15) is 4.34 Å². The van der Waals surface area contributed by atoms with E-state index in [9.17, 15) is 4.79 Å². The molecule has 1 N–H and O–H groups in total. The number of carbonyl (C=O) groups is 1. The quantitative estimate of drug-likeness (QED) is 0.928. The normalized spacial score (nSPS) is 10.5. The second-order valence-corrected chi connectivity index (χ2v) is 5.05. The fraction of sp³-hybridized carbons (Fsp3) is 0.300. The maximum absolute atomic E-state index is 11.6. The summed E-state index contributed by atoms with van der Waals surface area (Å²) in [4.78, 5) is 15.7. The average molecular weight is 271 g/mol. The van der Waals surface area contributed by atoms with Gasteiger partial charge in [-0.25, -0.2) is 4.98 Å². The van der Waals surface area contributed by atoms with Gasteiger partial charge in [0.15, 0.2) is 5.13 Å². The molecule has 2 aromatic rings. The number of nitrogens with zero attached hydrogens (tertiary/aromatic N) is 3. The zero-order valence-corrected chi connectivity index (χ0v) is 10.8. The Labute approximate surface area is 107 Å². The Morgan fingerprint density at radius 1 is 1.65 bits per heavy atom. The minimum absolute atomic E-state index is 0.0917. The van der Waals surface area contributed by atoms with Crippen molar-refractivity contribution >= 4 is 34.0 Å². The van der Waals surface area contributed by atoms with E-state index >= 15 is 0 Å². The molecule has 0 aliphatic heterocycles. The van der Waals surface area contributed by atoms with Crippen LogP contribution in [-0.2, 0) is 11.3 Å². The first kappa shape index (κ1) is 12.1. The highest BCUT2D eigenvalue weighted by Crippen LogP contribution is 2.27. The Kier molecular flexibility index (Phi) is 3.75. The van der Waals surface area contributed by atoms with E-state index in [-0.39, 0.29) is 5.91 Å². The minimum Gasteiger partial charge on any atom is -0.302 e. The van der Waals surface area contributed by atoms with Crippen LogP contribution in [0.3, 0.4) is 0 Å². The SMILES string of the molecule is Cc1nc(NC(=O)CCn2cccn2)sc1Cl. The van der Waals surface area contributed by atoms with Crippen LogP contribution >= 0.6 is 22.9 Å². The smallest absolute Gasteiger partial charge is 0.228 e. The number of amides is 1. The molecule has 0 aromatic carbocycles. The lowest BCUT2D eigenvalue weighted by atomic mass is 10.4. The molecule has 0 radical (unpaired) electrons. The molecule has 0 aliphatic rings. The predicted molar refractivity (Wildman–Crippen MR) is 67.3 cm³/mol. The Bertz CT molecular complexity index is 489. The van der Waals surface area contributed by atoms with Crippen molar-refractivity contribution in [3.8, 4) is 0 Å². The van der Waals surface area contributed by atoms with Gasteiger partial charge in [-0.05, 0) is 13.0 Å². The first-order chi connectivity index (χ1) is 8.15. The Morgan fingerprint density at radius 3 is 3.06 bits per heavy atom. The van der Waals surface area contributed by atoms with Gasteiger partial charge in [0.05, 0.1) is 5.69 Å². The second-order valence-electron chi connectivity index (χ2n) is 3.45. The summed E-state index contributed by atoms with van der Waals surface area (Å²) in [7, 11) is 0. The summed E-state index contributed by atoms with van der Waals surface area (Å²) in [6, 6.07) is 1.82. The highest BCUT2D eigenvalue weighted by molar-refractivity contribution is 7.19. The van der Waals surface area contributed by atoms with Crippen LogP contribution in [0.1, 0.15) is 12.1 Å². The molecule has 5 nitrogen and oxygen atoms in total. The van der Waals surface area contributed by atoms with Crippen molar-refractivity contribution < 1.29 is 4.79 Å². The molecule has 17 heavy (non-hydrogen) atoms. The highest BCUT2D eigenvalue weighted by Gasteiger charge is 2.08. The van der Waals surface area contributed by atoms with Crippen molar-refractivity contribution in [1.29, 1.82) is 0 Å². The lowest BCUT2D eigenvalue weighted by Gasteiger charge is -2.01. The van der Waals surface area contributed by atoms with Gasteiger partial charge >= 0.3 is 0 Å². The van der Waals surface area contributed by atoms with E-state index in [2.05, 4.69) is 15.4 Å². The molecule has 0 fully saturated rings. The van der Waals surface area contributed by atoms with E-state index in [1.807, 2.05) is 12.3 Å². The molecule has 0 saturated carbocycles. The van der Waals surface area contributed by atoms with Crippen LogP contribution in [0.2, 0.25) is 4.34 Å². The van der Waals surface area contributed by atoms with Gasteiger partial charge < -0.3 is 5.32 Å². The van der Waals surface area contributed by atoms with Crippen molar-refractivity contribution in [3.05, 3.63) is 28.5 Å². The molecular formula is C10H11ClN4OS. The summed E-state index contributed by atoms with van der Waals surface area (Å²) in [5.74, 6) is -0.0917. The van der Waals surface area contributed by atoms with E-state index in [1.165, 1.54) is 11.3 Å². The lowest BCUT2D eigenvalue weighted by molar-refractivity contribution is -0.116. The summed E-state index contributed by atoms with van der Waals surface area (Å²) in [6.07, 6.45) is 3.86. The van der Waals surface area contributed by atoms with Crippen molar-refractivity contribution in [1.82, 2.24) is 14.8 Å². The first-order valence-corrected chi connectivity index (χ1v) is 6.25. The molecular weight excluding hydrogens is 260 g/mol. The topological polar surface area (TPSA) is 59.8 Å². The minimum atomic E-state index is -0.0917. The van der Waals surface area contributed by atoms with Gasteiger partial charge in [-0.3, -0.25) is 9.48 Å². The molecule has 7 heteroatoms. The number of thiazole rings is 1. The van der Waals surface area contributed by atoms with Crippen LogP contribution in [0.4, 0.5) is 5.13 Å². The molecule has 2 aromatic heterocycles. The zero-order valence-electron chi connectivity index (χ0n) is 9.18. The van der Waals surface area contributed by atoms with Gasteiger partial charge in [-0.1, -0.05) is 22.9 Å². The van der Waals surface area contributed by atoms with E-state index in [1.54, 1.807) is 17.8 Å². The van der Waals surface area contributed by atoms with E-state index in [0.29, 0.717) is 22.4 Å². The van der Waals surface area contributed by atoms with Crippen molar-refractivity contribution in [2.75, 3.05) is 5.32 Å². The lowest BCUT2D eigenvalue weighted by Crippen LogP contribution is -2.14. The first-order valence-electron chi connectivity index (χ1n) is 5.05. The van der Waals surface area contributed by atoms with Crippen molar-refractivity contribution in [2.45, 2.75) is 19.9 Å². The maximum atomic E-state index is 11.6. The van der Waals surface area contributed by atoms with Gasteiger partial charge in [-0.2, -0.15) is 5.10 Å². The van der Waals surface area contributed by atoms with Gasteiger partial charge in [0.2, 0.25) is 5.91 Å². The second kappa shape index (κ2) is 5.29. The van der Waals surface area contributed by atoms with Crippen molar-refractivity contribution in [2.24, 2.45) is 0 Å². The fourth-order valence-corrected chi connectivity index (χ4v) is 2.23. The Morgan fingerprint density at radius 2 is 2.47 bits per heavy atom. The molecule has 0 spiro atoms. The van der Waals surface area contributed by atoms with E-state index in [0.717, 1.165) is 5.69 Å². The maximum Gasteiger partial charge on any atom is 0.228 e. The zero-order chi connectivity index (χ0) is 12.3. The number of hydrogen-bond acceptors (Lipinski definition) is 4. The van der Waals surface area contributed by atoms with E-state index in [4.69, 9.17) is 11.6 Å². The molecule has 0 aliphatic carbocycles. The van der Waals surface area contributed by atoms with E-state index < -0.39 is 0 Å². The third-order valence-electron chi connectivity index (χ3n) is 2.11. The molecule has 90 valence electrons. The predicted octanol–water partition coefficient (Wildman–Crippen LogP) is 2.33. The summed E-state index contributed by atoms with van der Waals surface area (Å²) < 4.78 is 2.31. The number of aromatic nitrogens is 3. The van der Waals surface area contributed by atoms with Crippen LogP contribution in [0.25, 0.3) is 0 Å². The number of nitrogens with one attached hydrogen (secondary N) is 1. The number of halogens is 1. The fourth-order valence-electron chi connectivity index (χ4n) is 1.26. The summed E-state index contributed by atoms with van der Waals surface area (Å²) in [5, 5.41) is 7.26. The molecule has 0 bridgehead atoms. The number of hydrogen-bond donors (Lipinski definition) is 1. The number of rotatable bonds is 4. The summed E-state index contributed by atoms with van der Waals surface area (Å²) in [6.45, 7) is 2.36. The Balaban J connectivity index is 1.85. The van der Waals surface area contributed by atoms with Crippen LogP contribution in [0, 0.1) is 6.92 Å². The van der Waals surface area contributed by atoms with Crippen LogP contribution in [0.5, 0.6) is 0 Å². The monoisotopic (exact) mass is 270 g/mol. The van der Waals surface area contributed by atoms with Crippen LogP contribution in [-0.4, -0.2) is 20.7 Å². The molecule has 0 unspecified atom stereocenters.